The first kappa shape index (κ1) is 23.7. The van der Waals surface area contributed by atoms with Gasteiger partial charge < -0.3 is 15.7 Å². The minimum atomic E-state index is -4.15. The van der Waals surface area contributed by atoms with E-state index in [1.54, 1.807) is 0 Å². The summed E-state index contributed by atoms with van der Waals surface area (Å²) < 4.78 is 44.9. The second kappa shape index (κ2) is 12.2. The zero-order chi connectivity index (χ0) is 21.1. The quantitative estimate of drug-likeness (QED) is 0.317. The van der Waals surface area contributed by atoms with E-state index in [4.69, 9.17) is 16.7 Å². The van der Waals surface area contributed by atoms with Crippen molar-refractivity contribution in [2.24, 2.45) is 0 Å². The summed E-state index contributed by atoms with van der Waals surface area (Å²) in [6.07, 6.45) is 6.35. The van der Waals surface area contributed by atoms with E-state index in [1.165, 1.54) is 6.33 Å². The molecule has 12 heteroatoms. The van der Waals surface area contributed by atoms with Crippen molar-refractivity contribution in [3.05, 3.63) is 29.3 Å². The fourth-order valence-electron chi connectivity index (χ4n) is 2.59. The zero-order valence-corrected chi connectivity index (χ0v) is 18.2. The summed E-state index contributed by atoms with van der Waals surface area (Å²) in [4.78, 5) is 3.18. The van der Waals surface area contributed by atoms with Crippen LogP contribution < -0.4 is 15.4 Å². The van der Waals surface area contributed by atoms with E-state index in [0.717, 1.165) is 62.3 Å². The number of sulfonamides is 1. The lowest BCUT2D eigenvalue weighted by Crippen LogP contribution is -2.19. The van der Waals surface area contributed by atoms with Crippen LogP contribution >= 0.6 is 23.1 Å². The molecule has 2 rings (SSSR count). The number of hydrogen-bond donors (Lipinski definition) is 4. The van der Waals surface area contributed by atoms with Gasteiger partial charge in [0.2, 0.25) is 5.13 Å². The molecule has 0 aliphatic carbocycles. The third-order valence-corrected chi connectivity index (χ3v) is 6.40. The van der Waals surface area contributed by atoms with Crippen molar-refractivity contribution in [1.29, 1.82) is 0 Å². The number of benzene rings is 1. The van der Waals surface area contributed by atoms with Gasteiger partial charge >= 0.3 is 0 Å². The molecule has 29 heavy (non-hydrogen) atoms. The lowest BCUT2D eigenvalue weighted by atomic mass is 10.1. The molecule has 162 valence electrons. The Kier molecular flexibility index (Phi) is 10.0. The number of nitrogens with zero attached hydrogens (tertiary/aromatic N) is 2. The van der Waals surface area contributed by atoms with Gasteiger partial charge in [-0.15, -0.1) is 0 Å². The molecule has 0 fully saturated rings. The van der Waals surface area contributed by atoms with Crippen LogP contribution in [0.15, 0.2) is 23.4 Å². The smallest absolute Gasteiger partial charge is 0.266 e. The van der Waals surface area contributed by atoms with Gasteiger partial charge in [-0.05, 0) is 31.5 Å². The van der Waals surface area contributed by atoms with Crippen LogP contribution in [0.5, 0.6) is 0 Å². The highest BCUT2D eigenvalue weighted by molar-refractivity contribution is 7.93. The van der Waals surface area contributed by atoms with Crippen molar-refractivity contribution in [3.63, 3.8) is 0 Å². The molecule has 0 amide bonds. The van der Waals surface area contributed by atoms with Crippen LogP contribution in [0, 0.1) is 5.82 Å². The summed E-state index contributed by atoms with van der Waals surface area (Å²) in [6.45, 7) is 2.29. The zero-order valence-electron chi connectivity index (χ0n) is 15.8. The first-order chi connectivity index (χ1) is 13.9. The monoisotopic (exact) mass is 465 g/mol. The van der Waals surface area contributed by atoms with Crippen LogP contribution in [0.25, 0.3) is 0 Å². The highest BCUT2D eigenvalue weighted by Gasteiger charge is 2.22. The first-order valence-corrected chi connectivity index (χ1v) is 11.9. The van der Waals surface area contributed by atoms with Gasteiger partial charge in [-0.2, -0.15) is 4.37 Å². The molecule has 0 saturated carbocycles. The standard InChI is InChI=1S/C17H25ClFN5O3S2/c18-13-10-16(29(26,27)24-17-22-12-23-28-17)14(19)11-15(13)21-7-5-3-1-2-4-6-20-8-9-25/h10-12,20-21,25H,1-9H2,(H,22,23,24). The summed E-state index contributed by atoms with van der Waals surface area (Å²) in [5, 5.41) is 15.0. The van der Waals surface area contributed by atoms with Gasteiger partial charge in [0.05, 0.1) is 17.3 Å². The minimum absolute atomic E-state index is 0.0481. The first-order valence-electron chi connectivity index (χ1n) is 9.28. The molecule has 0 spiro atoms. The van der Waals surface area contributed by atoms with Gasteiger partial charge in [0.1, 0.15) is 17.0 Å². The highest BCUT2D eigenvalue weighted by Crippen LogP contribution is 2.29. The minimum Gasteiger partial charge on any atom is -0.395 e. The van der Waals surface area contributed by atoms with Crippen LogP contribution in [0.3, 0.4) is 0 Å². The number of nitrogens with one attached hydrogen (secondary N) is 3. The van der Waals surface area contributed by atoms with E-state index < -0.39 is 20.7 Å². The second-order valence-corrected chi connectivity index (χ2v) is 9.12. The Labute approximate surface area is 179 Å². The third kappa shape index (κ3) is 8.01. The lowest BCUT2D eigenvalue weighted by molar-refractivity contribution is 0.292. The maximum atomic E-state index is 14.4. The summed E-state index contributed by atoms with van der Waals surface area (Å²) in [6, 6.07) is 2.17. The predicted molar refractivity (Wildman–Crippen MR) is 114 cm³/mol. The van der Waals surface area contributed by atoms with Crippen molar-refractivity contribution in [2.45, 2.75) is 37.0 Å². The average Bonchev–Trinajstić information content (AvgIpc) is 3.17. The molecule has 0 aliphatic heterocycles. The van der Waals surface area contributed by atoms with E-state index >= 15 is 0 Å². The molecule has 4 N–H and O–H groups in total. The number of halogens is 2. The van der Waals surface area contributed by atoms with Gasteiger partial charge in [0.15, 0.2) is 0 Å². The molecular weight excluding hydrogens is 441 g/mol. The lowest BCUT2D eigenvalue weighted by Gasteiger charge is -2.12. The van der Waals surface area contributed by atoms with Gasteiger partial charge in [0.25, 0.3) is 10.0 Å². The number of aliphatic hydroxyl groups excluding tert-OH is 1. The van der Waals surface area contributed by atoms with Gasteiger partial charge in [-0.25, -0.2) is 17.8 Å². The Morgan fingerprint density at radius 1 is 1.10 bits per heavy atom. The number of hydrogen-bond acceptors (Lipinski definition) is 8. The van der Waals surface area contributed by atoms with Crippen LogP contribution in [0.2, 0.25) is 5.02 Å². The number of rotatable bonds is 14. The molecule has 0 saturated heterocycles. The molecule has 0 unspecified atom stereocenters. The molecule has 1 heterocycles. The molecule has 8 nitrogen and oxygen atoms in total. The van der Waals surface area contributed by atoms with E-state index in [2.05, 4.69) is 24.7 Å². The van der Waals surface area contributed by atoms with Crippen LogP contribution in [0.4, 0.5) is 15.2 Å². The van der Waals surface area contributed by atoms with Crippen molar-refractivity contribution < 1.29 is 17.9 Å². The van der Waals surface area contributed by atoms with Crippen LogP contribution in [0.1, 0.15) is 32.1 Å². The fraction of sp³-hybridized carbons (Fsp3) is 0.529. The molecule has 1 aromatic heterocycles. The van der Waals surface area contributed by atoms with Crippen molar-refractivity contribution in [2.75, 3.05) is 36.3 Å². The molecular formula is C17H25ClFN5O3S2. The maximum absolute atomic E-state index is 14.4. The number of aliphatic hydroxyl groups is 1. The van der Waals surface area contributed by atoms with Gasteiger partial charge in [0, 0.05) is 24.6 Å². The molecule has 1 aromatic carbocycles. The fourth-order valence-corrected chi connectivity index (χ4v) is 4.63. The largest absolute Gasteiger partial charge is 0.395 e. The topological polar surface area (TPSA) is 116 Å². The van der Waals surface area contributed by atoms with Crippen LogP contribution in [-0.4, -0.2) is 49.1 Å². The van der Waals surface area contributed by atoms with E-state index in [1.807, 2.05) is 0 Å². The van der Waals surface area contributed by atoms with Gasteiger partial charge in [-0.3, -0.25) is 4.72 Å². The Morgan fingerprint density at radius 2 is 1.83 bits per heavy atom. The molecule has 2 aromatic rings. The Balaban J connectivity index is 1.79. The predicted octanol–water partition coefficient (Wildman–Crippen LogP) is 3.08. The second-order valence-electron chi connectivity index (χ2n) is 6.28. The molecule has 0 atom stereocenters. The van der Waals surface area contributed by atoms with Crippen LogP contribution in [-0.2, 0) is 10.0 Å². The maximum Gasteiger partial charge on any atom is 0.266 e. The highest BCUT2D eigenvalue weighted by atomic mass is 35.5. The Bertz CT molecular complexity index is 853. The molecule has 0 bridgehead atoms. The molecule has 0 radical (unpaired) electrons. The Morgan fingerprint density at radius 3 is 2.52 bits per heavy atom. The van der Waals surface area contributed by atoms with E-state index in [9.17, 15) is 12.8 Å². The SMILES string of the molecule is O=S(=O)(Nc1ncns1)c1cc(Cl)c(NCCCCCCCNCCO)cc1F. The summed E-state index contributed by atoms with van der Waals surface area (Å²) >= 11 is 6.99. The third-order valence-electron chi connectivity index (χ3n) is 4.03. The average molecular weight is 466 g/mol. The normalized spacial score (nSPS) is 11.6. The number of anilines is 2. The summed E-state index contributed by atoms with van der Waals surface area (Å²) in [7, 11) is -4.15. The summed E-state index contributed by atoms with van der Waals surface area (Å²) in [5.41, 5.74) is 0.354. The van der Waals surface area contributed by atoms with E-state index in [0.29, 0.717) is 18.8 Å². The van der Waals surface area contributed by atoms with E-state index in [-0.39, 0.29) is 16.8 Å². The number of unbranched alkanes of at least 4 members (excludes halogenated alkanes) is 4. The van der Waals surface area contributed by atoms with Crippen molar-refractivity contribution in [3.8, 4) is 0 Å². The Hall–Kier alpha value is -1.53. The number of aromatic nitrogens is 2. The van der Waals surface area contributed by atoms with Gasteiger partial charge in [-0.1, -0.05) is 30.9 Å². The molecule has 0 aliphatic rings. The summed E-state index contributed by atoms with van der Waals surface area (Å²) in [5.74, 6) is -0.899. The van der Waals surface area contributed by atoms with Crippen molar-refractivity contribution >= 4 is 44.0 Å². The van der Waals surface area contributed by atoms with Crippen molar-refractivity contribution in [1.82, 2.24) is 14.7 Å².